The normalized spacial score (nSPS) is 12.1. The number of rotatable bonds is 5. The smallest absolute Gasteiger partial charge is 0.325 e. The van der Waals surface area contributed by atoms with Crippen LogP contribution < -0.4 is 5.32 Å². The maximum atomic E-state index is 11.6. The number of carbonyl (C=O) groups is 2. The molecule has 0 saturated heterocycles. The van der Waals surface area contributed by atoms with Gasteiger partial charge in [0, 0.05) is 12.2 Å². The molecule has 0 bridgehead atoms. The van der Waals surface area contributed by atoms with Crippen LogP contribution in [0.3, 0.4) is 0 Å². The van der Waals surface area contributed by atoms with Gasteiger partial charge in [-0.2, -0.15) is 5.10 Å². The molecule has 1 aromatic heterocycles. The highest BCUT2D eigenvalue weighted by Crippen LogP contribution is 1.99. The van der Waals surface area contributed by atoms with Gasteiger partial charge in [-0.15, -0.1) is 0 Å². The van der Waals surface area contributed by atoms with Crippen molar-refractivity contribution in [2.24, 2.45) is 0 Å². The molecule has 0 fully saturated rings. The molecular formula is C10H15N3O3. The van der Waals surface area contributed by atoms with E-state index in [4.69, 9.17) is 5.11 Å². The van der Waals surface area contributed by atoms with Gasteiger partial charge >= 0.3 is 5.97 Å². The summed E-state index contributed by atoms with van der Waals surface area (Å²) in [6.45, 7) is 3.63. The standard InChI is InChI=1S/C10H15N3O3/c1-3-7(2)12-10(16)8-4-11-13(5-8)6-9(14)15/h4-5,7H,3,6H2,1-2H3,(H,12,16)(H,14,15). The van der Waals surface area contributed by atoms with E-state index in [9.17, 15) is 9.59 Å². The molecule has 6 nitrogen and oxygen atoms in total. The molecule has 0 aromatic carbocycles. The van der Waals surface area contributed by atoms with Crippen LogP contribution in [0.4, 0.5) is 0 Å². The number of amides is 1. The Morgan fingerprint density at radius 1 is 1.62 bits per heavy atom. The van der Waals surface area contributed by atoms with Crippen LogP contribution in [0, 0.1) is 0 Å². The highest BCUT2D eigenvalue weighted by atomic mass is 16.4. The van der Waals surface area contributed by atoms with Gasteiger partial charge in [-0.3, -0.25) is 14.3 Å². The van der Waals surface area contributed by atoms with Crippen LogP contribution in [0.25, 0.3) is 0 Å². The van der Waals surface area contributed by atoms with Crippen LogP contribution in [0.15, 0.2) is 12.4 Å². The summed E-state index contributed by atoms with van der Waals surface area (Å²) < 4.78 is 1.22. The summed E-state index contributed by atoms with van der Waals surface area (Å²) in [7, 11) is 0. The van der Waals surface area contributed by atoms with Crippen molar-refractivity contribution in [1.29, 1.82) is 0 Å². The minimum atomic E-state index is -0.989. The van der Waals surface area contributed by atoms with Crippen molar-refractivity contribution < 1.29 is 14.7 Å². The van der Waals surface area contributed by atoms with E-state index < -0.39 is 5.97 Å². The lowest BCUT2D eigenvalue weighted by Gasteiger charge is -2.09. The maximum Gasteiger partial charge on any atom is 0.325 e. The molecule has 1 aromatic rings. The Kier molecular flexibility index (Phi) is 4.04. The van der Waals surface area contributed by atoms with Crippen LogP contribution >= 0.6 is 0 Å². The quantitative estimate of drug-likeness (QED) is 0.764. The Bertz CT molecular complexity index is 386. The molecule has 0 saturated carbocycles. The predicted molar refractivity (Wildman–Crippen MR) is 57.1 cm³/mol. The fourth-order valence-electron chi connectivity index (χ4n) is 1.12. The molecule has 1 amide bonds. The molecule has 0 aliphatic heterocycles. The number of carbonyl (C=O) groups excluding carboxylic acids is 1. The molecule has 6 heteroatoms. The summed E-state index contributed by atoms with van der Waals surface area (Å²) in [5.74, 6) is -1.22. The fourth-order valence-corrected chi connectivity index (χ4v) is 1.12. The largest absolute Gasteiger partial charge is 0.480 e. The van der Waals surface area contributed by atoms with Gasteiger partial charge in [0.15, 0.2) is 0 Å². The van der Waals surface area contributed by atoms with Crippen molar-refractivity contribution in [3.8, 4) is 0 Å². The van der Waals surface area contributed by atoms with Gasteiger partial charge in [0.2, 0.25) is 0 Å². The Morgan fingerprint density at radius 3 is 2.88 bits per heavy atom. The molecule has 1 heterocycles. The second-order valence-corrected chi connectivity index (χ2v) is 3.60. The number of nitrogens with one attached hydrogen (secondary N) is 1. The molecule has 1 atom stereocenters. The third-order valence-corrected chi connectivity index (χ3v) is 2.18. The van der Waals surface area contributed by atoms with Crippen molar-refractivity contribution in [2.75, 3.05) is 0 Å². The zero-order valence-corrected chi connectivity index (χ0v) is 9.30. The Morgan fingerprint density at radius 2 is 2.31 bits per heavy atom. The first-order chi connectivity index (χ1) is 7.52. The molecular weight excluding hydrogens is 210 g/mol. The number of carboxylic acids is 1. The second-order valence-electron chi connectivity index (χ2n) is 3.60. The van der Waals surface area contributed by atoms with Crippen LogP contribution in [0.5, 0.6) is 0 Å². The highest BCUT2D eigenvalue weighted by molar-refractivity contribution is 5.93. The lowest BCUT2D eigenvalue weighted by Crippen LogP contribution is -2.31. The van der Waals surface area contributed by atoms with E-state index in [1.165, 1.54) is 17.1 Å². The van der Waals surface area contributed by atoms with Gasteiger partial charge in [0.25, 0.3) is 5.91 Å². The first-order valence-corrected chi connectivity index (χ1v) is 5.08. The molecule has 0 spiro atoms. The van der Waals surface area contributed by atoms with Crippen molar-refractivity contribution in [1.82, 2.24) is 15.1 Å². The third-order valence-electron chi connectivity index (χ3n) is 2.18. The van der Waals surface area contributed by atoms with E-state index in [0.29, 0.717) is 5.56 Å². The third kappa shape index (κ3) is 3.38. The monoisotopic (exact) mass is 225 g/mol. The second kappa shape index (κ2) is 5.29. The Labute approximate surface area is 93.3 Å². The van der Waals surface area contributed by atoms with E-state index in [0.717, 1.165) is 6.42 Å². The maximum absolute atomic E-state index is 11.6. The summed E-state index contributed by atoms with van der Waals surface area (Å²) in [4.78, 5) is 22.0. The summed E-state index contributed by atoms with van der Waals surface area (Å²) in [5, 5.41) is 15.1. The van der Waals surface area contributed by atoms with E-state index >= 15 is 0 Å². The summed E-state index contributed by atoms with van der Waals surface area (Å²) >= 11 is 0. The Balaban J connectivity index is 2.63. The number of hydrogen-bond donors (Lipinski definition) is 2. The fraction of sp³-hybridized carbons (Fsp3) is 0.500. The first-order valence-electron chi connectivity index (χ1n) is 5.08. The molecule has 88 valence electrons. The van der Waals surface area contributed by atoms with Crippen molar-refractivity contribution in [2.45, 2.75) is 32.9 Å². The van der Waals surface area contributed by atoms with Crippen LogP contribution in [0.1, 0.15) is 30.6 Å². The van der Waals surface area contributed by atoms with Crippen molar-refractivity contribution in [3.05, 3.63) is 18.0 Å². The van der Waals surface area contributed by atoms with Gasteiger partial charge in [-0.1, -0.05) is 6.92 Å². The molecule has 1 rings (SSSR count). The summed E-state index contributed by atoms with van der Waals surface area (Å²) in [6, 6.07) is 0.0929. The van der Waals surface area contributed by atoms with E-state index in [2.05, 4.69) is 10.4 Å². The van der Waals surface area contributed by atoms with Crippen molar-refractivity contribution in [3.63, 3.8) is 0 Å². The van der Waals surface area contributed by atoms with Gasteiger partial charge in [0.1, 0.15) is 6.54 Å². The number of aromatic nitrogens is 2. The average Bonchev–Trinajstić information content (AvgIpc) is 2.65. The molecule has 16 heavy (non-hydrogen) atoms. The zero-order valence-electron chi connectivity index (χ0n) is 9.30. The zero-order chi connectivity index (χ0) is 12.1. The van der Waals surface area contributed by atoms with Gasteiger partial charge in [0.05, 0.1) is 11.8 Å². The van der Waals surface area contributed by atoms with Gasteiger partial charge in [-0.05, 0) is 13.3 Å². The first kappa shape index (κ1) is 12.2. The number of hydrogen-bond acceptors (Lipinski definition) is 3. The minimum absolute atomic E-state index is 0.0929. The molecule has 0 aliphatic carbocycles. The van der Waals surface area contributed by atoms with E-state index in [1.807, 2.05) is 13.8 Å². The number of aliphatic carboxylic acids is 1. The molecule has 1 unspecified atom stereocenters. The van der Waals surface area contributed by atoms with Crippen molar-refractivity contribution >= 4 is 11.9 Å². The Hall–Kier alpha value is -1.85. The summed E-state index contributed by atoms with van der Waals surface area (Å²) in [6.07, 6.45) is 3.63. The SMILES string of the molecule is CCC(C)NC(=O)c1cnn(CC(=O)O)c1. The topological polar surface area (TPSA) is 84.2 Å². The number of nitrogens with zero attached hydrogens (tertiary/aromatic N) is 2. The summed E-state index contributed by atoms with van der Waals surface area (Å²) in [5.41, 5.74) is 0.376. The average molecular weight is 225 g/mol. The predicted octanol–water partition coefficient (Wildman–Crippen LogP) is 0.496. The van der Waals surface area contributed by atoms with Crippen LogP contribution in [-0.4, -0.2) is 32.8 Å². The lowest BCUT2D eigenvalue weighted by molar-refractivity contribution is -0.137. The van der Waals surface area contributed by atoms with Crippen LogP contribution in [-0.2, 0) is 11.3 Å². The highest BCUT2D eigenvalue weighted by Gasteiger charge is 2.11. The lowest BCUT2D eigenvalue weighted by atomic mass is 10.2. The van der Waals surface area contributed by atoms with E-state index in [-0.39, 0.29) is 18.5 Å². The van der Waals surface area contributed by atoms with Gasteiger partial charge in [-0.25, -0.2) is 0 Å². The number of carboxylic acid groups (broad SMARTS) is 1. The van der Waals surface area contributed by atoms with E-state index in [1.54, 1.807) is 0 Å². The molecule has 0 radical (unpaired) electrons. The van der Waals surface area contributed by atoms with Gasteiger partial charge < -0.3 is 10.4 Å². The van der Waals surface area contributed by atoms with Crippen LogP contribution in [0.2, 0.25) is 0 Å². The molecule has 0 aliphatic rings. The molecule has 2 N–H and O–H groups in total. The minimum Gasteiger partial charge on any atom is -0.480 e.